The van der Waals surface area contributed by atoms with Gasteiger partial charge in [0.15, 0.2) is 0 Å². The third kappa shape index (κ3) is 9.50. The van der Waals surface area contributed by atoms with Crippen LogP contribution in [0.2, 0.25) is 10.0 Å². The van der Waals surface area contributed by atoms with Crippen LogP contribution in [0.4, 0.5) is 18.4 Å². The second-order valence-corrected chi connectivity index (χ2v) is 15.9. The Kier molecular flexibility index (Phi) is 14.7. The van der Waals surface area contributed by atoms with Crippen molar-refractivity contribution in [2.24, 2.45) is 11.8 Å². The molecule has 4 fully saturated rings. The van der Waals surface area contributed by atoms with Gasteiger partial charge in [-0.3, -0.25) is 9.80 Å². The fourth-order valence-corrected chi connectivity index (χ4v) is 7.45. The molecule has 0 bridgehead atoms. The molecule has 4 aliphatic rings. The van der Waals surface area contributed by atoms with Crippen LogP contribution in [0.25, 0.3) is 0 Å². The van der Waals surface area contributed by atoms with Crippen LogP contribution in [0.15, 0.2) is 36.4 Å². The average Bonchev–Trinajstić information content (AvgIpc) is 3.83. The summed E-state index contributed by atoms with van der Waals surface area (Å²) < 4.78 is 39.2. The van der Waals surface area contributed by atoms with Crippen LogP contribution >= 0.6 is 23.2 Å². The molecule has 280 valence electrons. The number of hydrogen-bond donors (Lipinski definition) is 2. The SMILES string of the molecule is CC(C)(C)OC(=O)N1C[C@@]2(c3cc(Cl)ccc3F)C[C@H]2C1C#N.CC(C)(C)OC(=O)N1C[C@@]2(c3cc(Cl)ccc3F)C[C@H]2C1C(=O)O.CCO.[Na+].[OH-]. The maximum Gasteiger partial charge on any atom is 1.00 e. The Balaban J connectivity index is 0.000000324. The zero-order valence-corrected chi connectivity index (χ0v) is 34.1. The van der Waals surface area contributed by atoms with E-state index in [1.807, 2.05) is 0 Å². The van der Waals surface area contributed by atoms with Crippen molar-refractivity contribution in [3.8, 4) is 6.07 Å². The van der Waals surface area contributed by atoms with E-state index in [9.17, 15) is 33.5 Å². The number of carbonyl (C=O) groups is 3. The fourth-order valence-electron chi connectivity index (χ4n) is 7.11. The molecule has 0 spiro atoms. The number of carboxylic acid groups (broad SMARTS) is 1. The molecular weight excluding hydrogens is 734 g/mol. The van der Waals surface area contributed by atoms with E-state index in [2.05, 4.69) is 6.07 Å². The summed E-state index contributed by atoms with van der Waals surface area (Å²) in [5.74, 6) is -2.30. The van der Waals surface area contributed by atoms with Gasteiger partial charge in [-0.1, -0.05) is 23.2 Å². The number of rotatable bonds is 3. The molecule has 2 aliphatic heterocycles. The number of halogens is 4. The number of aliphatic carboxylic acids is 1. The molecule has 2 aromatic rings. The Morgan fingerprint density at radius 3 is 1.65 bits per heavy atom. The van der Waals surface area contributed by atoms with Crippen LogP contribution in [0.1, 0.15) is 72.4 Å². The van der Waals surface area contributed by atoms with Gasteiger partial charge in [0.25, 0.3) is 0 Å². The molecule has 0 aromatic heterocycles. The number of aliphatic hydroxyl groups excluding tert-OH is 1. The number of likely N-dealkylation sites (tertiary alicyclic amines) is 2. The van der Waals surface area contributed by atoms with Gasteiger partial charge in [-0.15, -0.1) is 0 Å². The number of amides is 2. The molecule has 3 N–H and O–H groups in total. The third-order valence-electron chi connectivity index (χ3n) is 9.18. The van der Waals surface area contributed by atoms with Crippen molar-refractivity contribution in [3.63, 3.8) is 0 Å². The van der Waals surface area contributed by atoms with Gasteiger partial charge in [-0.05, 0) is 109 Å². The minimum Gasteiger partial charge on any atom is -0.870 e. The van der Waals surface area contributed by atoms with Crippen LogP contribution < -0.4 is 29.6 Å². The largest absolute Gasteiger partial charge is 1.00 e. The first kappa shape index (κ1) is 45.5. The molecule has 6 rings (SSSR count). The molecule has 6 atom stereocenters. The normalized spacial score (nSPS) is 26.3. The van der Waals surface area contributed by atoms with Crippen LogP contribution in [-0.4, -0.2) is 86.6 Å². The third-order valence-corrected chi connectivity index (χ3v) is 9.65. The Morgan fingerprint density at radius 1 is 0.865 bits per heavy atom. The number of nitriles is 1. The predicted octanol–water partition coefficient (Wildman–Crippen LogP) is 4.15. The van der Waals surface area contributed by atoms with Crippen molar-refractivity contribution in [2.75, 3.05) is 19.7 Å². The van der Waals surface area contributed by atoms with Crippen molar-refractivity contribution in [3.05, 3.63) is 69.2 Å². The number of fused-ring (bicyclic) bond motifs is 2. The number of carbonyl (C=O) groups excluding carboxylic acids is 2. The van der Waals surface area contributed by atoms with Crippen molar-refractivity contribution in [1.82, 2.24) is 9.80 Å². The maximum atomic E-state index is 14.3. The van der Waals surface area contributed by atoms with Gasteiger partial charge >= 0.3 is 47.7 Å². The second-order valence-electron chi connectivity index (χ2n) is 15.1. The standard InChI is InChI=1S/C17H18ClFN2O2.C17H19ClFNO4.C2H6O.Na.H2O/c1-16(2,3)23-15(22)21-9-17(7-12(17)14(21)8-20)11-6-10(18)4-5-13(11)19;1-16(2,3)24-15(23)20-8-17(7-11(17)13(20)14(21)22)10-6-9(18)4-5-12(10)19;1-2-3;;/h4-6,12,14H,7,9H2,1-3H3;4-6,11,13H,7-8H2,1-3H3,(H,21,22);3H,2H2,1H3;;1H2/q;;;+1;/p-1/t12-,14?,17+;11-,13?,17+;;;/m00.../s1. The van der Waals surface area contributed by atoms with Crippen molar-refractivity contribution in [1.29, 1.82) is 5.26 Å². The predicted molar refractivity (Wildman–Crippen MR) is 184 cm³/mol. The molecule has 2 aliphatic carbocycles. The summed E-state index contributed by atoms with van der Waals surface area (Å²) in [7, 11) is 0. The summed E-state index contributed by atoms with van der Waals surface area (Å²) in [4.78, 5) is 39.0. The Hall–Kier alpha value is -2.70. The van der Waals surface area contributed by atoms with E-state index in [0.717, 1.165) is 0 Å². The van der Waals surface area contributed by atoms with Gasteiger partial charge in [0.05, 0.1) is 6.07 Å². The second kappa shape index (κ2) is 16.8. The number of piperidine rings is 2. The number of hydrogen-bond acceptors (Lipinski definition) is 8. The van der Waals surface area contributed by atoms with Gasteiger partial charge in [-0.25, -0.2) is 23.2 Å². The smallest absolute Gasteiger partial charge is 0.870 e. The molecule has 2 unspecified atom stereocenters. The first-order valence-electron chi connectivity index (χ1n) is 16.3. The van der Waals surface area contributed by atoms with Crippen LogP contribution in [0.3, 0.4) is 0 Å². The quantitative estimate of drug-likeness (QED) is 0.435. The Bertz CT molecular complexity index is 1700. The van der Waals surface area contributed by atoms with E-state index in [1.165, 1.54) is 40.1 Å². The summed E-state index contributed by atoms with van der Waals surface area (Å²) in [5.41, 5.74) is -1.74. The van der Waals surface area contributed by atoms with E-state index in [-0.39, 0.29) is 72.4 Å². The molecule has 0 radical (unpaired) electrons. The molecule has 11 nitrogen and oxygen atoms in total. The molecule has 2 saturated heterocycles. The zero-order valence-electron chi connectivity index (χ0n) is 30.5. The fraction of sp³-hybridized carbons (Fsp3) is 0.556. The van der Waals surface area contributed by atoms with Gasteiger partial charge < -0.3 is 25.2 Å². The van der Waals surface area contributed by atoms with Gasteiger partial charge in [0, 0.05) is 52.4 Å². The summed E-state index contributed by atoms with van der Waals surface area (Å²) in [5, 5.41) is 27.4. The first-order chi connectivity index (χ1) is 23.1. The van der Waals surface area contributed by atoms with Crippen molar-refractivity contribution in [2.45, 2.75) is 95.4 Å². The Labute approximate surface area is 334 Å². The molecule has 2 aromatic carbocycles. The van der Waals surface area contributed by atoms with Crippen LogP contribution in [0, 0.1) is 34.8 Å². The van der Waals surface area contributed by atoms with E-state index < -0.39 is 58.1 Å². The van der Waals surface area contributed by atoms with E-state index in [4.69, 9.17) is 37.8 Å². The topological polar surface area (TPSA) is 170 Å². The number of nitrogens with zero attached hydrogens (tertiary/aromatic N) is 3. The monoisotopic (exact) mass is 777 g/mol. The van der Waals surface area contributed by atoms with E-state index >= 15 is 0 Å². The molecule has 2 heterocycles. The molecule has 2 saturated carbocycles. The summed E-state index contributed by atoms with van der Waals surface area (Å²) in [6, 6.07) is 9.23. The molecule has 2 amide bonds. The van der Waals surface area contributed by atoms with Crippen molar-refractivity contribution >= 4 is 41.4 Å². The van der Waals surface area contributed by atoms with Gasteiger partial charge in [0.1, 0.15) is 34.9 Å². The van der Waals surface area contributed by atoms with Crippen LogP contribution in [-0.2, 0) is 25.1 Å². The summed E-state index contributed by atoms with van der Waals surface area (Å²) >= 11 is 12.0. The number of aliphatic hydroxyl groups is 1. The molecule has 16 heteroatoms. The summed E-state index contributed by atoms with van der Waals surface area (Å²) in [6.07, 6.45) is -0.0237. The van der Waals surface area contributed by atoms with Gasteiger partial charge in [-0.2, -0.15) is 5.26 Å². The van der Waals surface area contributed by atoms with Crippen LogP contribution in [0.5, 0.6) is 0 Å². The Morgan fingerprint density at radius 2 is 1.25 bits per heavy atom. The van der Waals surface area contributed by atoms with Crippen molar-refractivity contribution < 1.29 is 77.9 Å². The number of benzene rings is 2. The maximum absolute atomic E-state index is 14.3. The molecular formula is C36H44Cl2F2N3NaO8. The minimum atomic E-state index is -1.10. The first-order valence-corrected chi connectivity index (χ1v) is 17.0. The average molecular weight is 779 g/mol. The number of ether oxygens (including phenoxy) is 2. The molecule has 52 heavy (non-hydrogen) atoms. The van der Waals surface area contributed by atoms with Gasteiger partial charge in [0.2, 0.25) is 0 Å². The van der Waals surface area contributed by atoms with E-state index in [1.54, 1.807) is 54.5 Å². The van der Waals surface area contributed by atoms with E-state index in [0.29, 0.717) is 34.0 Å². The minimum absolute atomic E-state index is 0. The zero-order chi connectivity index (χ0) is 37.6. The number of carboxylic acids is 1. The summed E-state index contributed by atoms with van der Waals surface area (Å²) in [6.45, 7) is 12.8.